The topological polar surface area (TPSA) is 0 Å². The summed E-state index contributed by atoms with van der Waals surface area (Å²) in [5.74, 6) is 2.51. The Kier molecular flexibility index (Phi) is 6.28. The summed E-state index contributed by atoms with van der Waals surface area (Å²) in [7, 11) is 0. The van der Waals surface area contributed by atoms with Gasteiger partial charge in [0.15, 0.2) is 0 Å². The first-order valence-electron chi connectivity index (χ1n) is 3.50. The van der Waals surface area contributed by atoms with Gasteiger partial charge in [-0.1, -0.05) is 18.6 Å². The van der Waals surface area contributed by atoms with Crippen molar-refractivity contribution in [3.63, 3.8) is 0 Å². The van der Waals surface area contributed by atoms with Crippen LogP contribution >= 0.6 is 11.8 Å². The summed E-state index contributed by atoms with van der Waals surface area (Å²) < 4.78 is 0. The standard InChI is InChI=1S/C8H16S/c1-4-6-9-7-8(3)5-2/h5H,4,6-7H2,1-3H3/b8-5+. The van der Waals surface area contributed by atoms with Crippen LogP contribution in [-0.2, 0) is 0 Å². The van der Waals surface area contributed by atoms with Gasteiger partial charge in [-0.3, -0.25) is 0 Å². The van der Waals surface area contributed by atoms with Gasteiger partial charge in [0.2, 0.25) is 0 Å². The molecule has 0 rings (SSSR count). The van der Waals surface area contributed by atoms with Gasteiger partial charge in [0.25, 0.3) is 0 Å². The summed E-state index contributed by atoms with van der Waals surface area (Å²) in [6.07, 6.45) is 3.48. The molecule has 1 heteroatoms. The normalized spacial score (nSPS) is 12.1. The van der Waals surface area contributed by atoms with Gasteiger partial charge in [-0.25, -0.2) is 0 Å². The first-order chi connectivity index (χ1) is 4.31. The molecule has 54 valence electrons. The summed E-state index contributed by atoms with van der Waals surface area (Å²) in [4.78, 5) is 0. The Morgan fingerprint density at radius 3 is 2.67 bits per heavy atom. The lowest BCUT2D eigenvalue weighted by Gasteiger charge is -1.97. The van der Waals surface area contributed by atoms with Gasteiger partial charge in [0.1, 0.15) is 0 Å². The molecular weight excluding hydrogens is 128 g/mol. The van der Waals surface area contributed by atoms with Gasteiger partial charge in [0, 0.05) is 5.75 Å². The molecule has 0 heterocycles. The van der Waals surface area contributed by atoms with Crippen LogP contribution in [0.4, 0.5) is 0 Å². The van der Waals surface area contributed by atoms with Crippen LogP contribution in [-0.4, -0.2) is 11.5 Å². The molecule has 0 aromatic heterocycles. The van der Waals surface area contributed by atoms with E-state index in [0.717, 1.165) is 0 Å². The second-order valence-corrected chi connectivity index (χ2v) is 3.29. The largest absolute Gasteiger partial charge is 0.158 e. The molecule has 0 spiro atoms. The molecule has 0 N–H and O–H groups in total. The van der Waals surface area contributed by atoms with E-state index in [1.807, 2.05) is 11.8 Å². The lowest BCUT2D eigenvalue weighted by atomic mass is 10.3. The van der Waals surface area contributed by atoms with Gasteiger partial charge >= 0.3 is 0 Å². The van der Waals surface area contributed by atoms with Crippen LogP contribution < -0.4 is 0 Å². The molecule has 0 aromatic rings. The summed E-state index contributed by atoms with van der Waals surface area (Å²) in [5.41, 5.74) is 1.49. The van der Waals surface area contributed by atoms with Crippen LogP contribution in [0.15, 0.2) is 11.6 Å². The summed E-state index contributed by atoms with van der Waals surface area (Å²) >= 11 is 2.02. The zero-order valence-corrected chi connectivity index (χ0v) is 7.42. The molecule has 0 saturated heterocycles. The van der Waals surface area contributed by atoms with Gasteiger partial charge in [0.05, 0.1) is 0 Å². The van der Waals surface area contributed by atoms with Crippen LogP contribution in [0.3, 0.4) is 0 Å². The van der Waals surface area contributed by atoms with E-state index < -0.39 is 0 Å². The van der Waals surface area contributed by atoms with Crippen LogP contribution in [0.25, 0.3) is 0 Å². The maximum absolute atomic E-state index is 2.22. The zero-order valence-electron chi connectivity index (χ0n) is 6.61. The van der Waals surface area contributed by atoms with Crippen molar-refractivity contribution in [1.82, 2.24) is 0 Å². The molecule has 0 atom stereocenters. The minimum atomic E-state index is 1.21. The van der Waals surface area contributed by atoms with Gasteiger partial charge < -0.3 is 0 Å². The average molecular weight is 144 g/mol. The number of hydrogen-bond acceptors (Lipinski definition) is 1. The quantitative estimate of drug-likeness (QED) is 0.431. The Morgan fingerprint density at radius 2 is 2.22 bits per heavy atom. The molecule has 0 fully saturated rings. The van der Waals surface area contributed by atoms with Crippen molar-refractivity contribution in [3.05, 3.63) is 11.6 Å². The third-order valence-electron chi connectivity index (χ3n) is 1.17. The van der Waals surface area contributed by atoms with E-state index in [9.17, 15) is 0 Å². The Labute approximate surface area is 62.7 Å². The van der Waals surface area contributed by atoms with E-state index in [2.05, 4.69) is 26.8 Å². The fraction of sp³-hybridized carbons (Fsp3) is 0.750. The van der Waals surface area contributed by atoms with Crippen molar-refractivity contribution in [3.8, 4) is 0 Å². The van der Waals surface area contributed by atoms with Crippen LogP contribution in [0, 0.1) is 0 Å². The smallest absolute Gasteiger partial charge is 0.0140 e. The Hall–Kier alpha value is 0.0900. The first-order valence-corrected chi connectivity index (χ1v) is 4.66. The van der Waals surface area contributed by atoms with E-state index in [4.69, 9.17) is 0 Å². The second kappa shape index (κ2) is 6.21. The van der Waals surface area contributed by atoms with Crippen molar-refractivity contribution in [2.75, 3.05) is 11.5 Å². The maximum Gasteiger partial charge on any atom is 0.0140 e. The van der Waals surface area contributed by atoms with Gasteiger partial charge in [-0.2, -0.15) is 11.8 Å². The predicted molar refractivity (Wildman–Crippen MR) is 47.0 cm³/mol. The highest BCUT2D eigenvalue weighted by Gasteiger charge is 1.86. The summed E-state index contributed by atoms with van der Waals surface area (Å²) in [6, 6.07) is 0. The van der Waals surface area contributed by atoms with Gasteiger partial charge in [-0.05, 0) is 26.0 Å². The number of hydrogen-bond donors (Lipinski definition) is 0. The number of rotatable bonds is 4. The number of allylic oxidation sites excluding steroid dienone is 1. The maximum atomic E-state index is 2.22. The molecule has 0 aliphatic carbocycles. The molecule has 0 radical (unpaired) electrons. The third-order valence-corrected chi connectivity index (χ3v) is 2.53. The molecule has 0 aromatic carbocycles. The monoisotopic (exact) mass is 144 g/mol. The molecule has 0 bridgehead atoms. The molecule has 0 aliphatic heterocycles. The van der Waals surface area contributed by atoms with Crippen molar-refractivity contribution in [1.29, 1.82) is 0 Å². The van der Waals surface area contributed by atoms with Crippen molar-refractivity contribution in [2.45, 2.75) is 27.2 Å². The minimum Gasteiger partial charge on any atom is -0.158 e. The second-order valence-electron chi connectivity index (χ2n) is 2.19. The van der Waals surface area contributed by atoms with E-state index in [-0.39, 0.29) is 0 Å². The van der Waals surface area contributed by atoms with Crippen LogP contribution in [0.5, 0.6) is 0 Å². The summed E-state index contributed by atoms with van der Waals surface area (Å²) in [6.45, 7) is 6.50. The Morgan fingerprint density at radius 1 is 1.56 bits per heavy atom. The fourth-order valence-electron chi connectivity index (χ4n) is 0.461. The molecule has 0 unspecified atom stereocenters. The lowest BCUT2D eigenvalue weighted by Crippen LogP contribution is -1.82. The highest BCUT2D eigenvalue weighted by Crippen LogP contribution is 2.07. The highest BCUT2D eigenvalue weighted by molar-refractivity contribution is 7.99. The molecule has 0 saturated carbocycles. The van der Waals surface area contributed by atoms with Gasteiger partial charge in [-0.15, -0.1) is 0 Å². The zero-order chi connectivity index (χ0) is 7.11. The molecule has 0 amide bonds. The molecule has 0 aliphatic rings. The number of thioether (sulfide) groups is 1. The van der Waals surface area contributed by atoms with E-state index in [0.29, 0.717) is 0 Å². The van der Waals surface area contributed by atoms with Crippen LogP contribution in [0.2, 0.25) is 0 Å². The van der Waals surface area contributed by atoms with E-state index in [1.165, 1.54) is 23.5 Å². The molecular formula is C8H16S. The predicted octanol–water partition coefficient (Wildman–Crippen LogP) is 3.10. The van der Waals surface area contributed by atoms with E-state index in [1.54, 1.807) is 0 Å². The first kappa shape index (κ1) is 9.09. The SMILES string of the molecule is C/C=C(\C)CSCCC. The average Bonchev–Trinajstić information content (AvgIpc) is 1.89. The van der Waals surface area contributed by atoms with Crippen molar-refractivity contribution < 1.29 is 0 Å². The third kappa shape index (κ3) is 5.97. The molecule has 9 heavy (non-hydrogen) atoms. The van der Waals surface area contributed by atoms with E-state index >= 15 is 0 Å². The Balaban J connectivity index is 3.07. The Bertz CT molecular complexity index is 84.6. The fourth-order valence-corrected chi connectivity index (χ4v) is 1.38. The minimum absolute atomic E-state index is 1.21. The van der Waals surface area contributed by atoms with Crippen molar-refractivity contribution in [2.24, 2.45) is 0 Å². The summed E-state index contributed by atoms with van der Waals surface area (Å²) in [5, 5.41) is 0. The molecule has 0 nitrogen and oxygen atoms in total. The lowest BCUT2D eigenvalue weighted by molar-refractivity contribution is 1.11. The van der Waals surface area contributed by atoms with Crippen molar-refractivity contribution >= 4 is 11.8 Å². The highest BCUT2D eigenvalue weighted by atomic mass is 32.2. The van der Waals surface area contributed by atoms with Crippen LogP contribution in [0.1, 0.15) is 27.2 Å².